The lowest BCUT2D eigenvalue weighted by Gasteiger charge is -2.39. The molecule has 0 aliphatic carbocycles. The summed E-state index contributed by atoms with van der Waals surface area (Å²) < 4.78 is 4.70. The highest BCUT2D eigenvalue weighted by Gasteiger charge is 2.34. The number of likely N-dealkylation sites (tertiary alicyclic amines) is 1. The van der Waals surface area contributed by atoms with Crippen LogP contribution in [0.5, 0.6) is 0 Å². The van der Waals surface area contributed by atoms with E-state index in [1.54, 1.807) is 4.90 Å². The van der Waals surface area contributed by atoms with Gasteiger partial charge in [0.05, 0.1) is 6.04 Å². The van der Waals surface area contributed by atoms with E-state index in [1.165, 1.54) is 14.0 Å². The lowest BCUT2D eigenvalue weighted by molar-refractivity contribution is -0.145. The van der Waals surface area contributed by atoms with Crippen molar-refractivity contribution in [3.63, 3.8) is 0 Å². The van der Waals surface area contributed by atoms with E-state index in [1.807, 2.05) is 0 Å². The number of nitrogens with zero attached hydrogens (tertiary/aromatic N) is 1. The van der Waals surface area contributed by atoms with E-state index in [2.05, 4.69) is 0 Å². The Hall–Kier alpha value is -1.23. The van der Waals surface area contributed by atoms with Crippen molar-refractivity contribution >= 4 is 17.5 Å². The summed E-state index contributed by atoms with van der Waals surface area (Å²) >= 11 is 0. The SMILES string of the molecule is COCC(=O)CCCC(=O)N1CCC1C(C)=O. The van der Waals surface area contributed by atoms with Crippen LogP contribution < -0.4 is 0 Å². The fourth-order valence-corrected chi connectivity index (χ4v) is 1.92. The van der Waals surface area contributed by atoms with Gasteiger partial charge in [-0.25, -0.2) is 0 Å². The van der Waals surface area contributed by atoms with Gasteiger partial charge in [0.1, 0.15) is 6.61 Å². The van der Waals surface area contributed by atoms with Crippen molar-refractivity contribution < 1.29 is 19.1 Å². The van der Waals surface area contributed by atoms with Gasteiger partial charge in [0.2, 0.25) is 5.91 Å². The van der Waals surface area contributed by atoms with Gasteiger partial charge in [-0.15, -0.1) is 0 Å². The van der Waals surface area contributed by atoms with Crippen LogP contribution in [0.3, 0.4) is 0 Å². The molecule has 5 nitrogen and oxygen atoms in total. The highest BCUT2D eigenvalue weighted by Crippen LogP contribution is 2.19. The molecule has 17 heavy (non-hydrogen) atoms. The molecule has 1 aliphatic heterocycles. The molecule has 0 N–H and O–H groups in total. The van der Waals surface area contributed by atoms with Crippen molar-refractivity contribution in [2.24, 2.45) is 0 Å². The van der Waals surface area contributed by atoms with Gasteiger partial charge in [-0.3, -0.25) is 14.4 Å². The third kappa shape index (κ3) is 3.93. The number of rotatable bonds is 7. The summed E-state index contributed by atoms with van der Waals surface area (Å²) in [5.74, 6) is 0.0220. The Morgan fingerprint density at radius 3 is 2.47 bits per heavy atom. The molecule has 1 saturated heterocycles. The van der Waals surface area contributed by atoms with Gasteiger partial charge < -0.3 is 9.64 Å². The number of methoxy groups -OCH3 is 1. The van der Waals surface area contributed by atoms with Crippen LogP contribution in [0.1, 0.15) is 32.6 Å². The number of Topliss-reactive ketones (excluding diaryl/α,β-unsaturated/α-hetero) is 2. The Morgan fingerprint density at radius 2 is 2.00 bits per heavy atom. The van der Waals surface area contributed by atoms with Crippen molar-refractivity contribution in [1.82, 2.24) is 4.90 Å². The summed E-state index contributed by atoms with van der Waals surface area (Å²) in [5.41, 5.74) is 0. The van der Waals surface area contributed by atoms with Crippen LogP contribution in [-0.4, -0.2) is 48.7 Å². The molecule has 1 rings (SSSR count). The van der Waals surface area contributed by atoms with Crippen molar-refractivity contribution in [2.45, 2.75) is 38.6 Å². The average Bonchev–Trinajstić information content (AvgIpc) is 2.14. The fraction of sp³-hybridized carbons (Fsp3) is 0.750. The van der Waals surface area contributed by atoms with Gasteiger partial charge in [0, 0.05) is 26.5 Å². The van der Waals surface area contributed by atoms with Crippen molar-refractivity contribution in [3.8, 4) is 0 Å². The molecule has 0 aromatic rings. The smallest absolute Gasteiger partial charge is 0.223 e. The van der Waals surface area contributed by atoms with Crippen LogP contribution in [0.4, 0.5) is 0 Å². The molecule has 1 amide bonds. The molecule has 0 radical (unpaired) electrons. The predicted octanol–water partition coefficient (Wildman–Crippen LogP) is 0.562. The number of ketones is 2. The number of amides is 1. The molecule has 0 aromatic carbocycles. The van der Waals surface area contributed by atoms with Gasteiger partial charge in [-0.1, -0.05) is 0 Å². The molecule has 0 saturated carbocycles. The van der Waals surface area contributed by atoms with Crippen LogP contribution in [0.25, 0.3) is 0 Å². The highest BCUT2D eigenvalue weighted by molar-refractivity contribution is 5.89. The summed E-state index contributed by atoms with van der Waals surface area (Å²) in [4.78, 5) is 35.6. The molecular formula is C12H19NO4. The van der Waals surface area contributed by atoms with Crippen molar-refractivity contribution in [3.05, 3.63) is 0 Å². The number of hydrogen-bond donors (Lipinski definition) is 0. The van der Waals surface area contributed by atoms with E-state index in [9.17, 15) is 14.4 Å². The zero-order chi connectivity index (χ0) is 12.8. The van der Waals surface area contributed by atoms with Crippen LogP contribution in [0.15, 0.2) is 0 Å². The van der Waals surface area contributed by atoms with Gasteiger partial charge in [-0.2, -0.15) is 0 Å². The lowest BCUT2D eigenvalue weighted by atomic mass is 9.98. The van der Waals surface area contributed by atoms with Gasteiger partial charge in [0.25, 0.3) is 0 Å². The molecule has 1 heterocycles. The Balaban J connectivity index is 2.22. The highest BCUT2D eigenvalue weighted by atomic mass is 16.5. The number of hydrogen-bond acceptors (Lipinski definition) is 4. The zero-order valence-corrected chi connectivity index (χ0v) is 10.4. The quantitative estimate of drug-likeness (QED) is 0.653. The molecule has 1 atom stereocenters. The minimum Gasteiger partial charge on any atom is -0.377 e. The first-order chi connectivity index (χ1) is 8.06. The molecule has 0 spiro atoms. The maximum absolute atomic E-state index is 11.7. The Morgan fingerprint density at radius 1 is 1.29 bits per heavy atom. The molecule has 0 aromatic heterocycles. The minimum atomic E-state index is -0.225. The van der Waals surface area contributed by atoms with E-state index >= 15 is 0 Å². The average molecular weight is 241 g/mol. The normalized spacial score (nSPS) is 18.7. The van der Waals surface area contributed by atoms with Crippen LogP contribution >= 0.6 is 0 Å². The van der Waals surface area contributed by atoms with Crippen LogP contribution in [-0.2, 0) is 19.1 Å². The van der Waals surface area contributed by atoms with Crippen LogP contribution in [0.2, 0.25) is 0 Å². The van der Waals surface area contributed by atoms with Crippen molar-refractivity contribution in [1.29, 1.82) is 0 Å². The third-order valence-electron chi connectivity index (χ3n) is 2.96. The van der Waals surface area contributed by atoms with E-state index in [0.29, 0.717) is 25.8 Å². The summed E-state index contributed by atoms with van der Waals surface area (Å²) in [6, 6.07) is -0.225. The van der Waals surface area contributed by atoms with E-state index < -0.39 is 0 Å². The first kappa shape index (κ1) is 13.8. The second-order valence-electron chi connectivity index (χ2n) is 4.33. The molecule has 5 heteroatoms. The van der Waals surface area contributed by atoms with Gasteiger partial charge in [-0.05, 0) is 19.8 Å². The first-order valence-corrected chi connectivity index (χ1v) is 5.86. The number of carbonyl (C=O) groups excluding carboxylic acids is 3. The summed E-state index contributed by atoms with van der Waals surface area (Å²) in [5, 5.41) is 0. The standard InChI is InChI=1S/C12H19NO4/c1-9(14)11-6-7-13(11)12(16)5-3-4-10(15)8-17-2/h11H,3-8H2,1-2H3. The zero-order valence-electron chi connectivity index (χ0n) is 10.4. The maximum Gasteiger partial charge on any atom is 0.223 e. The van der Waals surface area contributed by atoms with E-state index in [4.69, 9.17) is 4.74 Å². The van der Waals surface area contributed by atoms with E-state index in [-0.39, 0.29) is 30.1 Å². The fourth-order valence-electron chi connectivity index (χ4n) is 1.92. The summed E-state index contributed by atoms with van der Waals surface area (Å²) in [7, 11) is 1.47. The molecular weight excluding hydrogens is 222 g/mol. The second kappa shape index (κ2) is 6.49. The Kier molecular flexibility index (Phi) is 5.28. The topological polar surface area (TPSA) is 63.7 Å². The Labute approximate surface area is 101 Å². The maximum atomic E-state index is 11.7. The van der Waals surface area contributed by atoms with Crippen molar-refractivity contribution in [2.75, 3.05) is 20.3 Å². The monoisotopic (exact) mass is 241 g/mol. The minimum absolute atomic E-state index is 0.00651. The third-order valence-corrected chi connectivity index (χ3v) is 2.96. The largest absolute Gasteiger partial charge is 0.377 e. The molecule has 1 aliphatic rings. The van der Waals surface area contributed by atoms with Gasteiger partial charge >= 0.3 is 0 Å². The lowest BCUT2D eigenvalue weighted by Crippen LogP contribution is -2.54. The number of carbonyl (C=O) groups is 3. The first-order valence-electron chi connectivity index (χ1n) is 5.86. The molecule has 1 unspecified atom stereocenters. The van der Waals surface area contributed by atoms with Crippen LogP contribution in [0, 0.1) is 0 Å². The van der Waals surface area contributed by atoms with Gasteiger partial charge in [0.15, 0.2) is 11.6 Å². The summed E-state index contributed by atoms with van der Waals surface area (Å²) in [6.07, 6.45) is 1.99. The Bertz CT molecular complexity index is 314. The molecule has 96 valence electrons. The molecule has 0 bridgehead atoms. The summed E-state index contributed by atoms with van der Waals surface area (Å²) in [6.45, 7) is 2.27. The van der Waals surface area contributed by atoms with E-state index in [0.717, 1.165) is 6.42 Å². The second-order valence-corrected chi connectivity index (χ2v) is 4.33. The number of ether oxygens (including phenoxy) is 1. The predicted molar refractivity (Wildman–Crippen MR) is 61.5 cm³/mol. The molecule has 1 fully saturated rings.